The molecule has 35 heavy (non-hydrogen) atoms. The molecule has 0 fully saturated rings. The predicted octanol–water partition coefficient (Wildman–Crippen LogP) is 3.35. The van der Waals surface area contributed by atoms with Crippen molar-refractivity contribution in [3.05, 3.63) is 23.8 Å². The van der Waals surface area contributed by atoms with Gasteiger partial charge in [-0.2, -0.15) is 0 Å². The van der Waals surface area contributed by atoms with Crippen LogP contribution in [-0.4, -0.2) is 66.3 Å². The molecule has 4 atom stereocenters. The lowest BCUT2D eigenvalue weighted by atomic mass is 9.82. The number of hydrogen-bond acceptors (Lipinski definition) is 7. The predicted molar refractivity (Wildman–Crippen MR) is 133 cm³/mol. The summed E-state index contributed by atoms with van der Waals surface area (Å²) in [6, 6.07) is 5.20. The van der Waals surface area contributed by atoms with Gasteiger partial charge in [-0.1, -0.05) is 26.8 Å². The highest BCUT2D eigenvalue weighted by Crippen LogP contribution is 2.32. The minimum absolute atomic E-state index is 0.0372. The van der Waals surface area contributed by atoms with Crippen molar-refractivity contribution >= 4 is 11.9 Å². The van der Waals surface area contributed by atoms with Crippen LogP contribution in [0, 0.1) is 17.8 Å². The first-order valence-electron chi connectivity index (χ1n) is 12.3. The lowest BCUT2D eigenvalue weighted by Crippen LogP contribution is -2.39. The van der Waals surface area contributed by atoms with E-state index in [2.05, 4.69) is 13.8 Å². The van der Waals surface area contributed by atoms with Crippen LogP contribution in [-0.2, 0) is 20.7 Å². The van der Waals surface area contributed by atoms with Crippen molar-refractivity contribution in [2.75, 3.05) is 26.9 Å². The average Bonchev–Trinajstić information content (AvgIpc) is 2.79. The van der Waals surface area contributed by atoms with Gasteiger partial charge >= 0.3 is 11.9 Å². The molecule has 1 aromatic carbocycles. The van der Waals surface area contributed by atoms with Gasteiger partial charge in [-0.05, 0) is 55.2 Å². The molecule has 0 bridgehead atoms. The highest BCUT2D eigenvalue weighted by Gasteiger charge is 2.26. The fourth-order valence-corrected chi connectivity index (χ4v) is 3.74. The summed E-state index contributed by atoms with van der Waals surface area (Å²) < 4.78 is 16.8. The maximum atomic E-state index is 11.1. The van der Waals surface area contributed by atoms with E-state index >= 15 is 0 Å². The zero-order valence-corrected chi connectivity index (χ0v) is 21.4. The molecule has 4 unspecified atom stereocenters. The third-order valence-corrected chi connectivity index (χ3v) is 6.08. The number of methoxy groups -OCH3 is 1. The Morgan fingerprint density at radius 1 is 0.971 bits per heavy atom. The molecular weight excluding hydrogens is 454 g/mol. The van der Waals surface area contributed by atoms with Crippen LogP contribution in [0.1, 0.15) is 58.4 Å². The number of aliphatic hydroxyl groups excluding tert-OH is 1. The normalized spacial score (nSPS) is 14.8. The van der Waals surface area contributed by atoms with Crippen molar-refractivity contribution in [2.24, 2.45) is 23.5 Å². The number of aliphatic hydroxyl groups is 1. The summed E-state index contributed by atoms with van der Waals surface area (Å²) in [7, 11) is 1.63. The van der Waals surface area contributed by atoms with Gasteiger partial charge in [0.05, 0.1) is 25.2 Å². The maximum absolute atomic E-state index is 11.1. The third-order valence-electron chi connectivity index (χ3n) is 6.08. The van der Waals surface area contributed by atoms with Gasteiger partial charge in [-0.15, -0.1) is 0 Å². The van der Waals surface area contributed by atoms with Gasteiger partial charge < -0.3 is 35.3 Å². The highest BCUT2D eigenvalue weighted by molar-refractivity contribution is 5.69. The van der Waals surface area contributed by atoms with E-state index in [-0.39, 0.29) is 25.4 Å². The fourth-order valence-electron chi connectivity index (χ4n) is 3.74. The average molecular weight is 498 g/mol. The molecule has 0 amide bonds. The van der Waals surface area contributed by atoms with Crippen LogP contribution in [0.4, 0.5) is 0 Å². The summed E-state index contributed by atoms with van der Waals surface area (Å²) in [5.41, 5.74) is 7.29. The molecule has 0 aliphatic rings. The van der Waals surface area contributed by atoms with Crippen LogP contribution in [0.25, 0.3) is 0 Å². The number of hydrogen-bond donors (Lipinski definition) is 4. The second-order valence-electron chi connectivity index (χ2n) is 9.47. The Morgan fingerprint density at radius 3 is 2.23 bits per heavy atom. The molecule has 200 valence electrons. The number of aliphatic carboxylic acids is 2. The summed E-state index contributed by atoms with van der Waals surface area (Å²) in [5.74, 6) is -0.843. The van der Waals surface area contributed by atoms with Crippen LogP contribution in [0.2, 0.25) is 0 Å². The highest BCUT2D eigenvalue weighted by atomic mass is 16.5. The molecule has 0 aliphatic heterocycles. The van der Waals surface area contributed by atoms with Crippen molar-refractivity contribution in [1.29, 1.82) is 0 Å². The SMILES string of the molecule is COCCCOc1cc(CC(CC(N)C(O)CC(C)C(=O)O)C(C)C)ccc1OCCCC(=O)O. The minimum Gasteiger partial charge on any atom is -0.490 e. The molecule has 5 N–H and O–H groups in total. The van der Waals surface area contributed by atoms with E-state index in [1.54, 1.807) is 14.0 Å². The van der Waals surface area contributed by atoms with Crippen molar-refractivity contribution in [3.63, 3.8) is 0 Å². The quantitative estimate of drug-likeness (QED) is 0.211. The second-order valence-corrected chi connectivity index (χ2v) is 9.47. The zero-order chi connectivity index (χ0) is 26.4. The molecule has 1 rings (SSSR count). The van der Waals surface area contributed by atoms with Crippen LogP contribution in [0.15, 0.2) is 18.2 Å². The molecule has 0 aliphatic carbocycles. The number of ether oxygens (including phenoxy) is 3. The van der Waals surface area contributed by atoms with E-state index in [1.165, 1.54) is 0 Å². The maximum Gasteiger partial charge on any atom is 0.306 e. The first-order chi connectivity index (χ1) is 16.5. The molecular formula is C26H43NO8. The van der Waals surface area contributed by atoms with Gasteiger partial charge in [0.2, 0.25) is 0 Å². The summed E-state index contributed by atoms with van der Waals surface area (Å²) >= 11 is 0. The van der Waals surface area contributed by atoms with E-state index in [1.807, 2.05) is 18.2 Å². The molecule has 0 heterocycles. The summed E-state index contributed by atoms with van der Waals surface area (Å²) in [5, 5.41) is 28.3. The van der Waals surface area contributed by atoms with Gasteiger partial charge in [0.25, 0.3) is 0 Å². The summed E-state index contributed by atoms with van der Waals surface area (Å²) in [4.78, 5) is 21.8. The van der Waals surface area contributed by atoms with Crippen LogP contribution < -0.4 is 15.2 Å². The number of carboxylic acids is 2. The van der Waals surface area contributed by atoms with Crippen molar-refractivity contribution < 1.29 is 39.1 Å². The first kappa shape index (κ1) is 30.7. The van der Waals surface area contributed by atoms with Gasteiger partial charge in [0.15, 0.2) is 11.5 Å². The number of benzene rings is 1. The minimum atomic E-state index is -0.944. The number of rotatable bonds is 19. The van der Waals surface area contributed by atoms with E-state index < -0.39 is 30.0 Å². The Kier molecular flexibility index (Phi) is 14.3. The Labute approximate surface area is 208 Å². The van der Waals surface area contributed by atoms with Crippen LogP contribution >= 0.6 is 0 Å². The summed E-state index contributed by atoms with van der Waals surface area (Å²) in [6.45, 7) is 7.07. The summed E-state index contributed by atoms with van der Waals surface area (Å²) in [6.07, 6.45) is 1.65. The van der Waals surface area contributed by atoms with Crippen LogP contribution in [0.5, 0.6) is 11.5 Å². The Bertz CT molecular complexity index is 770. The molecule has 0 aromatic heterocycles. The van der Waals surface area contributed by atoms with Crippen molar-refractivity contribution in [2.45, 2.75) is 71.4 Å². The standard InChI is InChI=1S/C26H43NO8/c1-17(2)20(16-21(27)22(28)13-18(3)26(31)32)14-19-8-9-23(34-11-5-7-25(29)30)24(15-19)35-12-6-10-33-4/h8-9,15,17-18,20-22,28H,5-7,10-14,16,27H2,1-4H3,(H,29,30)(H,31,32). The molecule has 0 radical (unpaired) electrons. The topological polar surface area (TPSA) is 149 Å². The number of carbonyl (C=O) groups is 2. The molecule has 0 saturated heterocycles. The third kappa shape index (κ3) is 12.2. The van der Waals surface area contributed by atoms with E-state index in [0.29, 0.717) is 49.9 Å². The van der Waals surface area contributed by atoms with E-state index in [0.717, 1.165) is 12.0 Å². The van der Waals surface area contributed by atoms with E-state index in [4.69, 9.17) is 30.2 Å². The van der Waals surface area contributed by atoms with Crippen molar-refractivity contribution in [3.8, 4) is 11.5 Å². The zero-order valence-electron chi connectivity index (χ0n) is 21.4. The molecule has 0 spiro atoms. The van der Waals surface area contributed by atoms with Gasteiger partial charge in [0, 0.05) is 32.6 Å². The number of carboxylic acid groups (broad SMARTS) is 2. The molecule has 1 aromatic rings. The lowest BCUT2D eigenvalue weighted by molar-refractivity contribution is -0.142. The fraction of sp³-hybridized carbons (Fsp3) is 0.692. The lowest BCUT2D eigenvalue weighted by Gasteiger charge is -2.28. The Balaban J connectivity index is 2.89. The second kappa shape index (κ2) is 16.3. The Hall–Kier alpha value is -2.36. The first-order valence-corrected chi connectivity index (χ1v) is 12.3. The molecule has 0 saturated carbocycles. The largest absolute Gasteiger partial charge is 0.490 e. The van der Waals surface area contributed by atoms with Crippen LogP contribution in [0.3, 0.4) is 0 Å². The van der Waals surface area contributed by atoms with E-state index in [9.17, 15) is 14.7 Å². The number of nitrogens with two attached hydrogens (primary N) is 1. The molecule has 9 heteroatoms. The monoisotopic (exact) mass is 497 g/mol. The Morgan fingerprint density at radius 2 is 1.63 bits per heavy atom. The smallest absolute Gasteiger partial charge is 0.306 e. The van der Waals surface area contributed by atoms with Gasteiger partial charge in [0.1, 0.15) is 0 Å². The van der Waals surface area contributed by atoms with Gasteiger partial charge in [-0.3, -0.25) is 9.59 Å². The van der Waals surface area contributed by atoms with Crippen molar-refractivity contribution in [1.82, 2.24) is 0 Å². The van der Waals surface area contributed by atoms with Gasteiger partial charge in [-0.25, -0.2) is 0 Å². The molecule has 9 nitrogen and oxygen atoms in total.